The molecule has 22 heavy (non-hydrogen) atoms. The summed E-state index contributed by atoms with van der Waals surface area (Å²) in [5.41, 5.74) is 1.45. The topological polar surface area (TPSA) is 0 Å². The zero-order chi connectivity index (χ0) is 14.9. The van der Waals surface area contributed by atoms with Gasteiger partial charge in [-0.25, -0.2) is 0 Å². The van der Waals surface area contributed by atoms with Gasteiger partial charge >= 0.3 is 0 Å². The van der Waals surface area contributed by atoms with Crippen molar-refractivity contribution >= 4 is 32.3 Å². The molecule has 0 unspecified atom stereocenters. The van der Waals surface area contributed by atoms with Gasteiger partial charge in [-0.05, 0) is 50.7 Å². The molecule has 0 aromatic heterocycles. The van der Waals surface area contributed by atoms with E-state index in [9.17, 15) is 0 Å². The first-order valence-electron chi connectivity index (χ1n) is 8.20. The lowest BCUT2D eigenvalue weighted by Gasteiger charge is -2.11. The molecule has 0 aliphatic carbocycles. The highest BCUT2D eigenvalue weighted by atomic mass is 14.1. The highest BCUT2D eigenvalue weighted by Gasteiger charge is 2.08. The lowest BCUT2D eigenvalue weighted by molar-refractivity contribution is 0.796. The monoisotopic (exact) mass is 284 g/mol. The lowest BCUT2D eigenvalue weighted by Crippen LogP contribution is -1.87. The molecule has 0 atom stereocenters. The predicted molar refractivity (Wildman–Crippen MR) is 97.6 cm³/mol. The lowest BCUT2D eigenvalue weighted by atomic mass is 9.92. The van der Waals surface area contributed by atoms with Crippen molar-refractivity contribution in [2.45, 2.75) is 26.2 Å². The van der Waals surface area contributed by atoms with Crippen LogP contribution >= 0.6 is 0 Å². The van der Waals surface area contributed by atoms with Crippen LogP contribution in [0.1, 0.15) is 25.3 Å². The Morgan fingerprint density at radius 1 is 0.591 bits per heavy atom. The summed E-state index contributed by atoms with van der Waals surface area (Å²) >= 11 is 0. The molecule has 0 heteroatoms. The van der Waals surface area contributed by atoms with Gasteiger partial charge in [0.25, 0.3) is 0 Å². The zero-order valence-corrected chi connectivity index (χ0v) is 13.0. The van der Waals surface area contributed by atoms with Crippen molar-refractivity contribution in [3.63, 3.8) is 0 Å². The van der Waals surface area contributed by atoms with Crippen LogP contribution in [0.5, 0.6) is 0 Å². The molecule has 4 rings (SSSR count). The number of hydrogen-bond donors (Lipinski definition) is 0. The smallest absolute Gasteiger partial charge is 0.00962 e. The molecule has 0 aliphatic heterocycles. The Morgan fingerprint density at radius 3 is 1.64 bits per heavy atom. The molecule has 0 amide bonds. The molecule has 0 N–H and O–H groups in total. The quantitative estimate of drug-likeness (QED) is 0.377. The van der Waals surface area contributed by atoms with Crippen LogP contribution in [0, 0.1) is 0 Å². The van der Waals surface area contributed by atoms with Gasteiger partial charge < -0.3 is 0 Å². The maximum atomic E-state index is 2.40. The van der Waals surface area contributed by atoms with Gasteiger partial charge in [0.15, 0.2) is 0 Å². The molecule has 4 aromatic rings. The van der Waals surface area contributed by atoms with E-state index in [1.54, 1.807) is 0 Å². The molecule has 108 valence electrons. The van der Waals surface area contributed by atoms with Crippen LogP contribution in [0.25, 0.3) is 32.3 Å². The van der Waals surface area contributed by atoms with Gasteiger partial charge in [0.05, 0.1) is 0 Å². The largest absolute Gasteiger partial charge is 0.0654 e. The van der Waals surface area contributed by atoms with Gasteiger partial charge in [-0.15, -0.1) is 0 Å². The van der Waals surface area contributed by atoms with Crippen molar-refractivity contribution < 1.29 is 0 Å². The Labute approximate surface area is 131 Å². The van der Waals surface area contributed by atoms with Crippen LogP contribution in [-0.2, 0) is 6.42 Å². The molecule has 0 saturated heterocycles. The average molecular weight is 284 g/mol. The van der Waals surface area contributed by atoms with Crippen molar-refractivity contribution in [2.24, 2.45) is 0 Å². The summed E-state index contributed by atoms with van der Waals surface area (Å²) < 4.78 is 0. The second-order valence-corrected chi connectivity index (χ2v) is 6.07. The van der Waals surface area contributed by atoms with E-state index in [-0.39, 0.29) is 0 Å². The van der Waals surface area contributed by atoms with Crippen LogP contribution in [0.15, 0.2) is 66.7 Å². The molecule has 4 aromatic carbocycles. The van der Waals surface area contributed by atoms with Gasteiger partial charge in [-0.2, -0.15) is 0 Å². The summed E-state index contributed by atoms with van der Waals surface area (Å²) in [7, 11) is 0. The van der Waals surface area contributed by atoms with Gasteiger partial charge in [0, 0.05) is 0 Å². The van der Waals surface area contributed by atoms with Gasteiger partial charge in [0.1, 0.15) is 0 Å². The van der Waals surface area contributed by atoms with Crippen molar-refractivity contribution in [3.05, 3.63) is 72.3 Å². The summed E-state index contributed by atoms with van der Waals surface area (Å²) in [6, 6.07) is 24.6. The second kappa shape index (κ2) is 5.46. The highest BCUT2D eigenvalue weighted by Crippen LogP contribution is 2.35. The normalized spacial score (nSPS) is 11.5. The Morgan fingerprint density at radius 2 is 1.09 bits per heavy atom. The minimum absolute atomic E-state index is 1.17. The minimum Gasteiger partial charge on any atom is -0.0654 e. The summed E-state index contributed by atoms with van der Waals surface area (Å²) in [6.07, 6.45) is 3.68. The van der Waals surface area contributed by atoms with E-state index in [4.69, 9.17) is 0 Å². The first-order valence-corrected chi connectivity index (χ1v) is 8.20. The number of aryl methyl sites for hydroxylation is 1. The molecule has 0 saturated carbocycles. The molecule has 0 radical (unpaired) electrons. The van der Waals surface area contributed by atoms with E-state index in [0.717, 1.165) is 0 Å². The first kappa shape index (κ1) is 13.3. The third-order valence-corrected chi connectivity index (χ3v) is 4.63. The van der Waals surface area contributed by atoms with E-state index in [2.05, 4.69) is 73.7 Å². The van der Waals surface area contributed by atoms with Crippen LogP contribution in [0.2, 0.25) is 0 Å². The fraction of sp³-hybridized carbons (Fsp3) is 0.182. The SMILES string of the molecule is CCCCc1ccc2c3ccccc3c3ccccc3c2c1. The van der Waals surface area contributed by atoms with E-state index in [1.807, 2.05) is 0 Å². The number of rotatable bonds is 3. The molecule has 0 nitrogen and oxygen atoms in total. The Kier molecular flexibility index (Phi) is 3.31. The third kappa shape index (κ3) is 2.07. The number of fused-ring (bicyclic) bond motifs is 6. The van der Waals surface area contributed by atoms with E-state index < -0.39 is 0 Å². The molecule has 0 heterocycles. The van der Waals surface area contributed by atoms with Gasteiger partial charge in [-0.3, -0.25) is 0 Å². The van der Waals surface area contributed by atoms with E-state index in [1.165, 1.54) is 57.1 Å². The summed E-state index contributed by atoms with van der Waals surface area (Å²) in [5.74, 6) is 0. The maximum Gasteiger partial charge on any atom is -0.00962 e. The Hall–Kier alpha value is -2.34. The summed E-state index contributed by atoms with van der Waals surface area (Å²) in [5, 5.41) is 8.20. The Balaban J connectivity index is 2.12. The zero-order valence-electron chi connectivity index (χ0n) is 13.0. The average Bonchev–Trinajstić information content (AvgIpc) is 2.60. The molecule has 0 bridgehead atoms. The highest BCUT2D eigenvalue weighted by molar-refractivity contribution is 6.25. The van der Waals surface area contributed by atoms with E-state index in [0.29, 0.717) is 0 Å². The third-order valence-electron chi connectivity index (χ3n) is 4.63. The van der Waals surface area contributed by atoms with E-state index >= 15 is 0 Å². The van der Waals surface area contributed by atoms with Crippen molar-refractivity contribution in [3.8, 4) is 0 Å². The van der Waals surface area contributed by atoms with Crippen molar-refractivity contribution in [1.82, 2.24) is 0 Å². The Bertz CT molecular complexity index is 928. The van der Waals surface area contributed by atoms with Gasteiger partial charge in [-0.1, -0.05) is 80.1 Å². The molecule has 0 aliphatic rings. The fourth-order valence-electron chi connectivity index (χ4n) is 3.49. The number of hydrogen-bond acceptors (Lipinski definition) is 0. The van der Waals surface area contributed by atoms with Gasteiger partial charge in [0.2, 0.25) is 0 Å². The predicted octanol–water partition coefficient (Wildman–Crippen LogP) is 6.49. The maximum absolute atomic E-state index is 2.40. The standard InChI is InChI=1S/C22H20/c1-2-3-8-16-13-14-21-19-11-5-4-9-17(19)18-10-6-7-12-20(18)22(21)15-16/h4-7,9-15H,2-3,8H2,1H3. The van der Waals surface area contributed by atoms with Crippen molar-refractivity contribution in [1.29, 1.82) is 0 Å². The first-order chi connectivity index (χ1) is 10.9. The number of unbranched alkanes of at least 4 members (excludes halogenated alkanes) is 1. The van der Waals surface area contributed by atoms with Crippen LogP contribution in [0.3, 0.4) is 0 Å². The molecular weight excluding hydrogens is 264 g/mol. The molecule has 0 fully saturated rings. The van der Waals surface area contributed by atoms with Crippen LogP contribution in [0.4, 0.5) is 0 Å². The second-order valence-electron chi connectivity index (χ2n) is 6.07. The minimum atomic E-state index is 1.17. The summed E-state index contributed by atoms with van der Waals surface area (Å²) in [4.78, 5) is 0. The van der Waals surface area contributed by atoms with Crippen molar-refractivity contribution in [2.75, 3.05) is 0 Å². The summed E-state index contributed by atoms with van der Waals surface area (Å²) in [6.45, 7) is 2.25. The van der Waals surface area contributed by atoms with Crippen LogP contribution < -0.4 is 0 Å². The fourth-order valence-corrected chi connectivity index (χ4v) is 3.49. The number of benzene rings is 4. The van der Waals surface area contributed by atoms with Crippen LogP contribution in [-0.4, -0.2) is 0 Å². The molecule has 0 spiro atoms. The molecular formula is C22H20.